The molecule has 0 saturated heterocycles. The van der Waals surface area contributed by atoms with Crippen LogP contribution >= 0.6 is 0 Å². The first kappa shape index (κ1) is 16.9. The normalized spacial score (nSPS) is 13.7. The number of nitrogen functional groups attached to an aromatic ring is 1. The van der Waals surface area contributed by atoms with Gasteiger partial charge in [0.25, 0.3) is 0 Å². The topological polar surface area (TPSA) is 98.9 Å². The average Bonchev–Trinajstić information content (AvgIpc) is 2.89. The van der Waals surface area contributed by atoms with Gasteiger partial charge in [0.05, 0.1) is 18.4 Å². The second kappa shape index (κ2) is 6.73. The molecule has 0 aliphatic carbocycles. The number of anilines is 1. The van der Waals surface area contributed by atoms with Gasteiger partial charge in [-0.25, -0.2) is 4.79 Å². The lowest BCUT2D eigenvalue weighted by Gasteiger charge is -2.16. The summed E-state index contributed by atoms with van der Waals surface area (Å²) in [4.78, 5) is 22.5. The van der Waals surface area contributed by atoms with Gasteiger partial charge in [0.15, 0.2) is 0 Å². The number of fused-ring (bicyclic) bond motifs is 1. The molecule has 0 spiro atoms. The van der Waals surface area contributed by atoms with Crippen LogP contribution in [-0.4, -0.2) is 24.2 Å². The SMILES string of the molecule is COc1c(C)c2c(c(N)c1C/C=C(\C)CCC(=O)O)C(=O)OC2. The molecule has 6 nitrogen and oxygen atoms in total. The summed E-state index contributed by atoms with van der Waals surface area (Å²) >= 11 is 0. The average molecular weight is 319 g/mol. The van der Waals surface area contributed by atoms with Gasteiger partial charge in [0.2, 0.25) is 0 Å². The number of ether oxygens (including phenoxy) is 2. The van der Waals surface area contributed by atoms with Crippen molar-refractivity contribution in [2.45, 2.75) is 39.7 Å². The number of hydrogen-bond donors (Lipinski definition) is 2. The minimum atomic E-state index is -0.828. The second-order valence-corrected chi connectivity index (χ2v) is 5.63. The van der Waals surface area contributed by atoms with E-state index in [0.717, 1.165) is 22.3 Å². The first-order valence-electron chi connectivity index (χ1n) is 7.39. The number of benzene rings is 1. The van der Waals surface area contributed by atoms with Crippen molar-refractivity contribution in [3.8, 4) is 5.75 Å². The van der Waals surface area contributed by atoms with Gasteiger partial charge >= 0.3 is 11.9 Å². The first-order chi connectivity index (χ1) is 10.9. The zero-order chi connectivity index (χ0) is 17.1. The van der Waals surface area contributed by atoms with E-state index in [9.17, 15) is 9.59 Å². The van der Waals surface area contributed by atoms with Gasteiger partial charge in [-0.05, 0) is 32.3 Å². The van der Waals surface area contributed by atoms with Crippen molar-refractivity contribution in [2.75, 3.05) is 12.8 Å². The first-order valence-corrected chi connectivity index (χ1v) is 7.39. The van der Waals surface area contributed by atoms with Crippen LogP contribution in [0, 0.1) is 6.92 Å². The van der Waals surface area contributed by atoms with E-state index >= 15 is 0 Å². The van der Waals surface area contributed by atoms with Crippen molar-refractivity contribution in [1.29, 1.82) is 0 Å². The van der Waals surface area contributed by atoms with Gasteiger partial charge < -0.3 is 20.3 Å². The molecule has 0 aromatic heterocycles. The smallest absolute Gasteiger partial charge is 0.341 e. The highest BCUT2D eigenvalue weighted by molar-refractivity contribution is 6.00. The van der Waals surface area contributed by atoms with Crippen molar-refractivity contribution < 1.29 is 24.2 Å². The summed E-state index contributed by atoms with van der Waals surface area (Å²) in [6.45, 7) is 3.97. The molecule has 1 aliphatic heterocycles. The van der Waals surface area contributed by atoms with Gasteiger partial charge in [0.1, 0.15) is 12.4 Å². The lowest BCUT2D eigenvalue weighted by Crippen LogP contribution is -2.08. The fraction of sp³-hybridized carbons (Fsp3) is 0.412. The summed E-state index contributed by atoms with van der Waals surface area (Å²) in [6, 6.07) is 0. The molecule has 1 heterocycles. The summed E-state index contributed by atoms with van der Waals surface area (Å²) in [7, 11) is 1.57. The zero-order valence-electron chi connectivity index (χ0n) is 13.6. The van der Waals surface area contributed by atoms with E-state index in [1.54, 1.807) is 7.11 Å². The number of aliphatic carboxylic acids is 1. The molecule has 1 aliphatic rings. The molecule has 0 atom stereocenters. The molecule has 0 bridgehead atoms. The number of rotatable bonds is 6. The predicted octanol–water partition coefficient (Wildman–Crippen LogP) is 2.61. The van der Waals surface area contributed by atoms with Crippen LogP contribution in [0.15, 0.2) is 11.6 Å². The summed E-state index contributed by atoms with van der Waals surface area (Å²) < 4.78 is 10.6. The molecule has 0 unspecified atom stereocenters. The third kappa shape index (κ3) is 3.31. The van der Waals surface area contributed by atoms with Gasteiger partial charge in [-0.15, -0.1) is 0 Å². The standard InChI is InChI=1S/C17H21NO5/c1-9(5-7-13(19)20)4-6-11-15(18)14-12(8-23-17(14)21)10(2)16(11)22-3/h4H,5-8,18H2,1-3H3,(H,19,20)/b9-4+. The number of carbonyl (C=O) groups excluding carboxylic acids is 1. The number of esters is 1. The minimum Gasteiger partial charge on any atom is -0.496 e. The van der Waals surface area contributed by atoms with E-state index in [-0.39, 0.29) is 13.0 Å². The Labute approximate surface area is 134 Å². The Balaban J connectivity index is 2.37. The maximum atomic E-state index is 11.9. The lowest BCUT2D eigenvalue weighted by atomic mass is 9.94. The third-order valence-electron chi connectivity index (χ3n) is 4.11. The Bertz CT molecular complexity index is 691. The van der Waals surface area contributed by atoms with E-state index in [1.165, 1.54) is 0 Å². The minimum absolute atomic E-state index is 0.0878. The van der Waals surface area contributed by atoms with Crippen molar-refractivity contribution in [2.24, 2.45) is 0 Å². The van der Waals surface area contributed by atoms with Crippen LogP contribution in [0.1, 0.15) is 46.8 Å². The van der Waals surface area contributed by atoms with Crippen LogP contribution < -0.4 is 10.5 Å². The van der Waals surface area contributed by atoms with Crippen LogP contribution in [-0.2, 0) is 22.6 Å². The quantitative estimate of drug-likeness (QED) is 0.475. The van der Waals surface area contributed by atoms with Gasteiger partial charge in [-0.2, -0.15) is 0 Å². The number of carboxylic acids is 1. The Morgan fingerprint density at radius 3 is 2.74 bits per heavy atom. The highest BCUT2D eigenvalue weighted by Crippen LogP contribution is 2.39. The van der Waals surface area contributed by atoms with Gasteiger partial charge in [-0.3, -0.25) is 4.79 Å². The maximum absolute atomic E-state index is 11.9. The summed E-state index contributed by atoms with van der Waals surface area (Å²) in [6.07, 6.45) is 2.96. The Morgan fingerprint density at radius 2 is 2.13 bits per heavy atom. The molecule has 0 amide bonds. The lowest BCUT2D eigenvalue weighted by molar-refractivity contribution is -0.136. The van der Waals surface area contributed by atoms with Crippen molar-refractivity contribution in [3.05, 3.63) is 33.9 Å². The predicted molar refractivity (Wildman–Crippen MR) is 85.6 cm³/mol. The van der Waals surface area contributed by atoms with Crippen LogP contribution in [0.3, 0.4) is 0 Å². The van der Waals surface area contributed by atoms with Crippen molar-refractivity contribution >= 4 is 17.6 Å². The molecular weight excluding hydrogens is 298 g/mol. The highest BCUT2D eigenvalue weighted by atomic mass is 16.5. The highest BCUT2D eigenvalue weighted by Gasteiger charge is 2.30. The fourth-order valence-electron chi connectivity index (χ4n) is 2.77. The number of hydrogen-bond acceptors (Lipinski definition) is 5. The molecule has 6 heteroatoms. The molecule has 0 fully saturated rings. The van der Waals surface area contributed by atoms with Gasteiger partial charge in [0, 0.05) is 17.5 Å². The molecule has 1 aromatic rings. The number of allylic oxidation sites excluding steroid dienone is 2. The molecule has 2 rings (SSSR count). The van der Waals surface area contributed by atoms with Crippen LogP contribution in [0.4, 0.5) is 5.69 Å². The van der Waals surface area contributed by atoms with Crippen molar-refractivity contribution in [1.82, 2.24) is 0 Å². The van der Waals surface area contributed by atoms with E-state index in [0.29, 0.717) is 29.8 Å². The molecule has 3 N–H and O–H groups in total. The van der Waals surface area contributed by atoms with E-state index in [1.807, 2.05) is 19.9 Å². The summed E-state index contributed by atoms with van der Waals surface area (Å²) in [5.74, 6) is -0.580. The van der Waals surface area contributed by atoms with Gasteiger partial charge in [-0.1, -0.05) is 11.6 Å². The van der Waals surface area contributed by atoms with E-state index in [2.05, 4.69) is 0 Å². The zero-order valence-corrected chi connectivity index (χ0v) is 13.6. The molecule has 124 valence electrons. The number of carbonyl (C=O) groups is 2. The molecule has 1 aromatic carbocycles. The van der Waals surface area contributed by atoms with E-state index < -0.39 is 11.9 Å². The Kier molecular flexibility index (Phi) is 4.93. The van der Waals surface area contributed by atoms with Crippen LogP contribution in [0.2, 0.25) is 0 Å². The molecule has 0 saturated carbocycles. The monoisotopic (exact) mass is 319 g/mol. The largest absolute Gasteiger partial charge is 0.496 e. The second-order valence-electron chi connectivity index (χ2n) is 5.63. The van der Waals surface area contributed by atoms with Crippen molar-refractivity contribution in [3.63, 3.8) is 0 Å². The molecule has 0 radical (unpaired) electrons. The summed E-state index contributed by atoms with van der Waals surface area (Å²) in [5.41, 5.74) is 10.3. The number of nitrogens with two attached hydrogens (primary N) is 1. The van der Waals surface area contributed by atoms with Crippen LogP contribution in [0.25, 0.3) is 0 Å². The van der Waals surface area contributed by atoms with E-state index in [4.69, 9.17) is 20.3 Å². The molecule has 23 heavy (non-hydrogen) atoms. The third-order valence-corrected chi connectivity index (χ3v) is 4.11. The molecular formula is C17H21NO5. The fourth-order valence-corrected chi connectivity index (χ4v) is 2.77. The number of carboxylic acid groups (broad SMARTS) is 1. The Hall–Kier alpha value is -2.50. The summed E-state index contributed by atoms with van der Waals surface area (Å²) in [5, 5.41) is 8.73. The Morgan fingerprint density at radius 1 is 1.43 bits per heavy atom. The number of cyclic esters (lactones) is 1. The van der Waals surface area contributed by atoms with Crippen LogP contribution in [0.5, 0.6) is 5.75 Å². The maximum Gasteiger partial charge on any atom is 0.341 e. The number of methoxy groups -OCH3 is 1.